The summed E-state index contributed by atoms with van der Waals surface area (Å²) in [7, 11) is 5.34. The van der Waals surface area contributed by atoms with E-state index < -0.39 is 5.41 Å². The first kappa shape index (κ1) is 18.3. The van der Waals surface area contributed by atoms with E-state index in [2.05, 4.69) is 48.5 Å². The van der Waals surface area contributed by atoms with Crippen LogP contribution in [0.3, 0.4) is 0 Å². The van der Waals surface area contributed by atoms with Gasteiger partial charge in [0.05, 0.1) is 12.5 Å². The van der Waals surface area contributed by atoms with Crippen LogP contribution in [0.2, 0.25) is 0 Å². The molecule has 3 nitrogen and oxygen atoms in total. The van der Waals surface area contributed by atoms with Crippen molar-refractivity contribution in [3.05, 3.63) is 90.0 Å². The predicted octanol–water partition coefficient (Wildman–Crippen LogP) is 4.88. The number of nitrogens with zero attached hydrogens (tertiary/aromatic N) is 1. The van der Waals surface area contributed by atoms with Crippen molar-refractivity contribution in [1.29, 1.82) is 0 Å². The van der Waals surface area contributed by atoms with Crippen molar-refractivity contribution in [1.82, 2.24) is 4.90 Å². The minimum absolute atomic E-state index is 0.158. The largest absolute Gasteiger partial charge is 0.497 e. The van der Waals surface area contributed by atoms with Gasteiger partial charge in [0.15, 0.2) is 0 Å². The van der Waals surface area contributed by atoms with Gasteiger partial charge in [-0.05, 0) is 40.8 Å². The zero-order valence-corrected chi connectivity index (χ0v) is 16.6. The summed E-state index contributed by atoms with van der Waals surface area (Å²) in [5.74, 6) is 1.12. The monoisotopic (exact) mass is 371 g/mol. The lowest BCUT2D eigenvalue weighted by Gasteiger charge is -2.23. The van der Waals surface area contributed by atoms with Crippen LogP contribution in [0, 0.1) is 0 Å². The average molecular weight is 371 g/mol. The van der Waals surface area contributed by atoms with Crippen LogP contribution in [0.25, 0.3) is 11.1 Å². The number of methoxy groups -OCH3 is 1. The Balaban J connectivity index is 1.80. The van der Waals surface area contributed by atoms with Crippen molar-refractivity contribution in [3.63, 3.8) is 0 Å². The van der Waals surface area contributed by atoms with Gasteiger partial charge in [0, 0.05) is 20.0 Å². The van der Waals surface area contributed by atoms with Gasteiger partial charge in [0.25, 0.3) is 0 Å². The number of likely N-dealkylation sites (N-methyl/N-ethyl adjacent to an activating group) is 1. The molecule has 0 saturated heterocycles. The Hall–Kier alpha value is -3.07. The summed E-state index contributed by atoms with van der Waals surface area (Å²) in [5, 5.41) is 0. The molecular formula is C25H25NO2. The summed E-state index contributed by atoms with van der Waals surface area (Å²) >= 11 is 0. The van der Waals surface area contributed by atoms with Crippen molar-refractivity contribution in [2.75, 3.05) is 21.2 Å². The molecule has 28 heavy (non-hydrogen) atoms. The Morgan fingerprint density at radius 3 is 2.21 bits per heavy atom. The molecule has 1 saturated carbocycles. The van der Waals surface area contributed by atoms with E-state index in [1.54, 1.807) is 12.0 Å². The lowest BCUT2D eigenvalue weighted by Crippen LogP contribution is -2.35. The number of hydrogen-bond donors (Lipinski definition) is 0. The molecule has 0 heterocycles. The molecule has 3 heteroatoms. The molecule has 2 unspecified atom stereocenters. The highest BCUT2D eigenvalue weighted by molar-refractivity contribution is 5.94. The van der Waals surface area contributed by atoms with Gasteiger partial charge in [0.2, 0.25) is 5.91 Å². The van der Waals surface area contributed by atoms with E-state index in [9.17, 15) is 4.79 Å². The maximum absolute atomic E-state index is 13.3. The number of benzene rings is 3. The number of carbonyl (C=O) groups is 1. The highest BCUT2D eigenvalue weighted by atomic mass is 16.5. The Morgan fingerprint density at radius 2 is 1.57 bits per heavy atom. The third-order valence-corrected chi connectivity index (χ3v) is 5.77. The molecule has 1 amide bonds. The summed E-state index contributed by atoms with van der Waals surface area (Å²) in [6.07, 6.45) is 0.820. The highest BCUT2D eigenvalue weighted by Gasteiger charge is 2.62. The highest BCUT2D eigenvalue weighted by Crippen LogP contribution is 2.62. The van der Waals surface area contributed by atoms with Crippen molar-refractivity contribution in [2.24, 2.45) is 0 Å². The van der Waals surface area contributed by atoms with E-state index in [0.717, 1.165) is 17.7 Å². The molecule has 1 fully saturated rings. The molecule has 0 spiro atoms. The topological polar surface area (TPSA) is 29.5 Å². The van der Waals surface area contributed by atoms with Crippen molar-refractivity contribution in [3.8, 4) is 16.9 Å². The fraction of sp³-hybridized carbons (Fsp3) is 0.240. The van der Waals surface area contributed by atoms with E-state index >= 15 is 0 Å². The van der Waals surface area contributed by atoms with Gasteiger partial charge in [0.1, 0.15) is 5.75 Å². The van der Waals surface area contributed by atoms with Gasteiger partial charge in [-0.3, -0.25) is 4.79 Å². The molecule has 0 aromatic heterocycles. The second kappa shape index (κ2) is 7.16. The fourth-order valence-electron chi connectivity index (χ4n) is 4.29. The van der Waals surface area contributed by atoms with Crippen LogP contribution in [0.4, 0.5) is 0 Å². The molecule has 2 atom stereocenters. The van der Waals surface area contributed by atoms with Crippen LogP contribution in [0.15, 0.2) is 78.9 Å². The summed E-state index contributed by atoms with van der Waals surface area (Å²) in [4.78, 5) is 15.0. The van der Waals surface area contributed by atoms with E-state index in [4.69, 9.17) is 4.74 Å². The maximum atomic E-state index is 13.3. The molecule has 0 radical (unpaired) electrons. The van der Waals surface area contributed by atoms with Crippen molar-refractivity contribution >= 4 is 5.91 Å². The second-order valence-corrected chi connectivity index (χ2v) is 7.61. The predicted molar refractivity (Wildman–Crippen MR) is 113 cm³/mol. The van der Waals surface area contributed by atoms with E-state index in [1.807, 2.05) is 44.4 Å². The molecule has 142 valence electrons. The van der Waals surface area contributed by atoms with Crippen LogP contribution in [0.1, 0.15) is 23.5 Å². The first-order valence-electron chi connectivity index (χ1n) is 9.58. The number of hydrogen-bond acceptors (Lipinski definition) is 2. The van der Waals surface area contributed by atoms with Gasteiger partial charge >= 0.3 is 0 Å². The SMILES string of the molecule is COc1ccc(C2(C(=O)N(C)C)CC2c2ccccc2-c2ccccc2)cc1. The molecule has 0 aliphatic heterocycles. The normalized spacial score (nSPS) is 20.5. The standard InChI is InChI=1S/C25H25NO2/c1-26(2)24(27)25(19-13-15-20(28-3)16-14-19)17-23(25)22-12-8-7-11-21(22)18-9-5-4-6-10-18/h4-16,23H,17H2,1-3H3. The molecule has 0 N–H and O–H groups in total. The maximum Gasteiger partial charge on any atom is 0.233 e. The lowest BCUT2D eigenvalue weighted by molar-refractivity contribution is -0.131. The average Bonchev–Trinajstić information content (AvgIpc) is 3.50. The minimum Gasteiger partial charge on any atom is -0.497 e. The first-order chi connectivity index (χ1) is 13.6. The van der Waals surface area contributed by atoms with Crippen LogP contribution < -0.4 is 4.74 Å². The van der Waals surface area contributed by atoms with Crippen LogP contribution in [-0.2, 0) is 10.2 Å². The van der Waals surface area contributed by atoms with Gasteiger partial charge in [-0.25, -0.2) is 0 Å². The Morgan fingerprint density at radius 1 is 0.929 bits per heavy atom. The van der Waals surface area contributed by atoms with E-state index in [0.29, 0.717) is 0 Å². The molecular weight excluding hydrogens is 346 g/mol. The number of amides is 1. The fourth-order valence-corrected chi connectivity index (χ4v) is 4.29. The summed E-state index contributed by atoms with van der Waals surface area (Å²) in [6, 6.07) is 26.8. The van der Waals surface area contributed by atoms with E-state index in [1.165, 1.54) is 16.7 Å². The Bertz CT molecular complexity index is 979. The summed E-state index contributed by atoms with van der Waals surface area (Å²) in [6.45, 7) is 0. The second-order valence-electron chi connectivity index (χ2n) is 7.61. The molecule has 3 aromatic rings. The minimum atomic E-state index is -0.513. The zero-order valence-electron chi connectivity index (χ0n) is 16.6. The van der Waals surface area contributed by atoms with Gasteiger partial charge in [-0.1, -0.05) is 66.7 Å². The summed E-state index contributed by atoms with van der Waals surface area (Å²) in [5.41, 5.74) is 4.17. The molecule has 3 aromatic carbocycles. The van der Waals surface area contributed by atoms with Crippen LogP contribution in [0.5, 0.6) is 5.75 Å². The van der Waals surface area contributed by atoms with Gasteiger partial charge in [-0.15, -0.1) is 0 Å². The smallest absolute Gasteiger partial charge is 0.233 e. The lowest BCUT2D eigenvalue weighted by atomic mass is 9.87. The third-order valence-electron chi connectivity index (χ3n) is 5.77. The van der Waals surface area contributed by atoms with Crippen LogP contribution in [-0.4, -0.2) is 32.0 Å². The molecule has 0 bridgehead atoms. The van der Waals surface area contributed by atoms with Gasteiger partial charge in [-0.2, -0.15) is 0 Å². The molecule has 4 rings (SSSR count). The van der Waals surface area contributed by atoms with Crippen molar-refractivity contribution in [2.45, 2.75) is 17.8 Å². The first-order valence-corrected chi connectivity index (χ1v) is 9.58. The number of ether oxygens (including phenoxy) is 1. The third kappa shape index (κ3) is 2.97. The number of carbonyl (C=O) groups excluding carboxylic acids is 1. The van der Waals surface area contributed by atoms with Gasteiger partial charge < -0.3 is 9.64 Å². The van der Waals surface area contributed by atoms with Crippen LogP contribution >= 0.6 is 0 Å². The molecule has 1 aliphatic rings. The Kier molecular flexibility index (Phi) is 4.68. The van der Waals surface area contributed by atoms with E-state index in [-0.39, 0.29) is 11.8 Å². The quantitative estimate of drug-likeness (QED) is 0.640. The summed E-state index contributed by atoms with van der Waals surface area (Å²) < 4.78 is 5.30. The number of rotatable bonds is 5. The van der Waals surface area contributed by atoms with Crippen molar-refractivity contribution < 1.29 is 9.53 Å². The zero-order chi connectivity index (χ0) is 19.7. The molecule has 1 aliphatic carbocycles. The Labute approximate surface area is 166 Å².